The third-order valence-corrected chi connectivity index (χ3v) is 6.65. The number of rotatable bonds is 13. The molecule has 1 aromatic heterocycles. The van der Waals surface area contributed by atoms with E-state index in [9.17, 15) is 14.4 Å². The molecular weight excluding hydrogens is 548 g/mol. The van der Waals surface area contributed by atoms with E-state index in [1.165, 1.54) is 0 Å². The molecule has 0 amide bonds. The minimum Gasteiger partial charge on any atom is -0.457 e. The Hall–Kier alpha value is -5.25. The highest BCUT2D eigenvalue weighted by atomic mass is 16.7. The number of amidine groups is 1. The van der Waals surface area contributed by atoms with Crippen LogP contribution in [-0.4, -0.2) is 40.1 Å². The summed E-state index contributed by atoms with van der Waals surface area (Å²) in [4.78, 5) is 41.5. The number of nitrogens with two attached hydrogens (primary N) is 1. The molecule has 0 fully saturated rings. The summed E-state index contributed by atoms with van der Waals surface area (Å²) in [5.74, 6) is -1.03. The van der Waals surface area contributed by atoms with Crippen molar-refractivity contribution in [1.29, 1.82) is 5.41 Å². The van der Waals surface area contributed by atoms with Crippen molar-refractivity contribution in [3.63, 3.8) is 0 Å². The predicted molar refractivity (Wildman–Crippen MR) is 161 cm³/mol. The summed E-state index contributed by atoms with van der Waals surface area (Å²) < 4.78 is 17.3. The number of aromatic nitrogens is 2. The standard InChI is InChI=1S/C33H34N4O6/c1-3-8-28(38)42-21-43-29(39)18-15-22-13-16-24(17-14-22)32-36-27(19-37(32)2)25-11-7-12-26(31(34)35)30(25)33(40)41-20-23-9-5-4-6-10-23/h4-7,9-14,16-17,19H,3,8,15,18,20-21H2,1-2H3,(H3,34,35). The van der Waals surface area contributed by atoms with Crippen LogP contribution in [-0.2, 0) is 43.9 Å². The Morgan fingerprint density at radius 1 is 0.860 bits per heavy atom. The molecule has 0 atom stereocenters. The first-order valence-corrected chi connectivity index (χ1v) is 13.9. The van der Waals surface area contributed by atoms with Crippen LogP contribution in [0.25, 0.3) is 22.6 Å². The summed E-state index contributed by atoms with van der Waals surface area (Å²) in [5, 5.41) is 8.05. The van der Waals surface area contributed by atoms with Crippen molar-refractivity contribution in [2.75, 3.05) is 6.79 Å². The molecule has 222 valence electrons. The van der Waals surface area contributed by atoms with Gasteiger partial charge in [0, 0.05) is 42.8 Å². The molecule has 0 bridgehead atoms. The number of aryl methyl sites for hydroxylation is 2. The number of hydrogen-bond acceptors (Lipinski definition) is 8. The van der Waals surface area contributed by atoms with Crippen LogP contribution >= 0.6 is 0 Å². The molecule has 10 nitrogen and oxygen atoms in total. The van der Waals surface area contributed by atoms with Gasteiger partial charge in [0.1, 0.15) is 18.3 Å². The number of esters is 3. The summed E-state index contributed by atoms with van der Waals surface area (Å²) in [5.41, 5.74) is 9.91. The number of nitrogens with zero attached hydrogens (tertiary/aromatic N) is 2. The Bertz CT molecular complexity index is 1600. The lowest BCUT2D eigenvalue weighted by Crippen LogP contribution is -2.18. The maximum absolute atomic E-state index is 13.3. The SMILES string of the molecule is CCCC(=O)OCOC(=O)CCc1ccc(-c2nc(-c3cccc(C(=N)N)c3C(=O)OCc3ccccc3)cn2C)cc1. The van der Waals surface area contributed by atoms with Gasteiger partial charge in [-0.25, -0.2) is 9.78 Å². The van der Waals surface area contributed by atoms with E-state index < -0.39 is 17.9 Å². The van der Waals surface area contributed by atoms with Crippen LogP contribution in [0, 0.1) is 5.41 Å². The molecule has 0 aliphatic rings. The van der Waals surface area contributed by atoms with E-state index in [1.54, 1.807) is 24.4 Å². The highest BCUT2D eigenvalue weighted by Gasteiger charge is 2.23. The molecule has 4 rings (SSSR count). The van der Waals surface area contributed by atoms with Crippen molar-refractivity contribution in [2.24, 2.45) is 12.8 Å². The van der Waals surface area contributed by atoms with Crippen LogP contribution in [0.5, 0.6) is 0 Å². The second kappa shape index (κ2) is 14.6. The number of carbonyl (C=O) groups excluding carboxylic acids is 3. The molecule has 0 spiro atoms. The quantitative estimate of drug-likeness (QED) is 0.0950. The summed E-state index contributed by atoms with van der Waals surface area (Å²) >= 11 is 0. The fourth-order valence-corrected chi connectivity index (χ4v) is 4.45. The highest BCUT2D eigenvalue weighted by molar-refractivity contribution is 6.09. The number of nitrogen functional groups attached to an aromatic ring is 1. The van der Waals surface area contributed by atoms with E-state index >= 15 is 0 Å². The lowest BCUT2D eigenvalue weighted by Gasteiger charge is -2.12. The van der Waals surface area contributed by atoms with Crippen LogP contribution in [0.15, 0.2) is 79.0 Å². The van der Waals surface area contributed by atoms with Gasteiger partial charge in [-0.3, -0.25) is 15.0 Å². The maximum atomic E-state index is 13.3. The highest BCUT2D eigenvalue weighted by Crippen LogP contribution is 2.30. The van der Waals surface area contributed by atoms with Gasteiger partial charge in [-0.1, -0.05) is 79.7 Å². The number of benzene rings is 3. The Morgan fingerprint density at radius 3 is 2.23 bits per heavy atom. The normalized spacial score (nSPS) is 10.7. The van der Waals surface area contributed by atoms with Crippen LogP contribution in [0.4, 0.5) is 0 Å². The lowest BCUT2D eigenvalue weighted by molar-refractivity contribution is -0.167. The lowest BCUT2D eigenvalue weighted by atomic mass is 9.98. The minimum absolute atomic E-state index is 0.0787. The topological polar surface area (TPSA) is 147 Å². The summed E-state index contributed by atoms with van der Waals surface area (Å²) in [7, 11) is 1.85. The first kappa shape index (κ1) is 30.7. The van der Waals surface area contributed by atoms with Crippen molar-refractivity contribution >= 4 is 23.7 Å². The second-order valence-corrected chi connectivity index (χ2v) is 9.86. The third kappa shape index (κ3) is 8.16. The van der Waals surface area contributed by atoms with Gasteiger partial charge < -0.3 is 24.5 Å². The van der Waals surface area contributed by atoms with Crippen molar-refractivity contribution < 1.29 is 28.6 Å². The zero-order chi connectivity index (χ0) is 30.8. The van der Waals surface area contributed by atoms with E-state index in [-0.39, 0.29) is 43.2 Å². The smallest absolute Gasteiger partial charge is 0.339 e. The minimum atomic E-state index is -0.598. The summed E-state index contributed by atoms with van der Waals surface area (Å²) in [6.45, 7) is 1.57. The summed E-state index contributed by atoms with van der Waals surface area (Å²) in [6.07, 6.45) is 3.36. The monoisotopic (exact) mass is 582 g/mol. The fraction of sp³-hybridized carbons (Fsp3) is 0.242. The molecule has 10 heteroatoms. The first-order chi connectivity index (χ1) is 20.8. The molecule has 4 aromatic rings. The molecule has 1 heterocycles. The van der Waals surface area contributed by atoms with Crippen molar-refractivity contribution in [1.82, 2.24) is 9.55 Å². The molecule has 0 aliphatic carbocycles. The number of ether oxygens (including phenoxy) is 3. The van der Waals surface area contributed by atoms with Crippen molar-refractivity contribution in [2.45, 2.75) is 39.2 Å². The molecule has 0 aliphatic heterocycles. The van der Waals surface area contributed by atoms with Crippen LogP contribution < -0.4 is 5.73 Å². The molecule has 43 heavy (non-hydrogen) atoms. The van der Waals surface area contributed by atoms with E-state index in [1.807, 2.05) is 73.1 Å². The number of nitrogens with one attached hydrogen (secondary N) is 1. The third-order valence-electron chi connectivity index (χ3n) is 6.65. The molecule has 0 saturated carbocycles. The average Bonchev–Trinajstić information content (AvgIpc) is 3.40. The molecule has 0 radical (unpaired) electrons. The molecule has 3 N–H and O–H groups in total. The van der Waals surface area contributed by atoms with Gasteiger partial charge in [0.15, 0.2) is 0 Å². The van der Waals surface area contributed by atoms with Gasteiger partial charge in [-0.2, -0.15) is 0 Å². The zero-order valence-electron chi connectivity index (χ0n) is 24.2. The van der Waals surface area contributed by atoms with Gasteiger partial charge in [0.25, 0.3) is 0 Å². The number of hydrogen-bond donors (Lipinski definition) is 2. The summed E-state index contributed by atoms with van der Waals surface area (Å²) in [6, 6.07) is 22.0. The first-order valence-electron chi connectivity index (χ1n) is 13.9. The van der Waals surface area contributed by atoms with Crippen molar-refractivity contribution in [3.05, 3.63) is 101 Å². The van der Waals surface area contributed by atoms with Crippen LogP contribution in [0.1, 0.15) is 53.2 Å². The van der Waals surface area contributed by atoms with Gasteiger partial charge in [-0.05, 0) is 24.0 Å². The van der Waals surface area contributed by atoms with E-state index in [2.05, 4.69) is 0 Å². The predicted octanol–water partition coefficient (Wildman–Crippen LogP) is 5.17. The van der Waals surface area contributed by atoms with Crippen LogP contribution in [0.2, 0.25) is 0 Å². The van der Waals surface area contributed by atoms with Gasteiger partial charge in [-0.15, -0.1) is 0 Å². The largest absolute Gasteiger partial charge is 0.457 e. The molecule has 3 aromatic carbocycles. The fourth-order valence-electron chi connectivity index (χ4n) is 4.45. The number of imidazole rings is 1. The van der Waals surface area contributed by atoms with Gasteiger partial charge in [0.05, 0.1) is 11.3 Å². The number of carbonyl (C=O) groups is 3. The van der Waals surface area contributed by atoms with E-state index in [0.717, 1.165) is 16.7 Å². The van der Waals surface area contributed by atoms with Gasteiger partial charge in [0.2, 0.25) is 6.79 Å². The van der Waals surface area contributed by atoms with Gasteiger partial charge >= 0.3 is 17.9 Å². The van der Waals surface area contributed by atoms with E-state index in [4.69, 9.17) is 30.3 Å². The zero-order valence-corrected chi connectivity index (χ0v) is 24.2. The second-order valence-electron chi connectivity index (χ2n) is 9.86. The maximum Gasteiger partial charge on any atom is 0.339 e. The Morgan fingerprint density at radius 2 is 1.56 bits per heavy atom. The Labute approximate surface area is 249 Å². The molecule has 0 saturated heterocycles. The van der Waals surface area contributed by atoms with Crippen LogP contribution in [0.3, 0.4) is 0 Å². The average molecular weight is 583 g/mol. The Kier molecular flexibility index (Phi) is 10.4. The van der Waals surface area contributed by atoms with Crippen molar-refractivity contribution in [3.8, 4) is 22.6 Å². The molecule has 0 unspecified atom stereocenters. The molecular formula is C33H34N4O6. The Balaban J connectivity index is 1.47. The van der Waals surface area contributed by atoms with E-state index in [0.29, 0.717) is 29.9 Å².